The average Bonchev–Trinajstić information content (AvgIpc) is 2.99. The van der Waals surface area contributed by atoms with Crippen LogP contribution in [0.3, 0.4) is 0 Å². The van der Waals surface area contributed by atoms with Crippen LogP contribution in [-0.4, -0.2) is 51.2 Å². The number of amides is 2. The van der Waals surface area contributed by atoms with Gasteiger partial charge in [0.05, 0.1) is 6.54 Å². The van der Waals surface area contributed by atoms with Gasteiger partial charge in [-0.15, -0.1) is 10.2 Å². The Kier molecular flexibility index (Phi) is 7.31. The molecule has 2 heterocycles. The summed E-state index contributed by atoms with van der Waals surface area (Å²) in [5.41, 5.74) is 0.890. The normalized spacial score (nSPS) is 14.6. The van der Waals surface area contributed by atoms with E-state index in [1.165, 1.54) is 0 Å². The first kappa shape index (κ1) is 22.1. The molecule has 1 aromatic carbocycles. The lowest BCUT2D eigenvalue weighted by molar-refractivity contribution is -0.133. The maximum absolute atomic E-state index is 12.7. The highest BCUT2D eigenvalue weighted by Crippen LogP contribution is 2.22. The van der Waals surface area contributed by atoms with Crippen molar-refractivity contribution < 1.29 is 14.3 Å². The fourth-order valence-electron chi connectivity index (χ4n) is 3.29. The minimum atomic E-state index is -0.0744. The molecule has 0 radical (unpaired) electrons. The zero-order chi connectivity index (χ0) is 21.7. The number of fused-ring (bicyclic) bond motifs is 1. The topological polar surface area (TPSA) is 89.4 Å². The van der Waals surface area contributed by atoms with E-state index in [1.807, 2.05) is 25.3 Å². The summed E-state index contributed by atoms with van der Waals surface area (Å²) in [5.74, 6) is 2.09. The Morgan fingerprint density at radius 1 is 1.27 bits per heavy atom. The minimum absolute atomic E-state index is 0.00918. The van der Waals surface area contributed by atoms with Crippen LogP contribution in [0.4, 0.5) is 0 Å². The average molecular weight is 434 g/mol. The van der Waals surface area contributed by atoms with Crippen LogP contribution in [0.5, 0.6) is 5.75 Å². The molecule has 8 nitrogen and oxygen atoms in total. The van der Waals surface area contributed by atoms with E-state index in [0.29, 0.717) is 49.2 Å². The first-order valence-electron chi connectivity index (χ1n) is 10.2. The molecule has 162 valence electrons. The van der Waals surface area contributed by atoms with Gasteiger partial charge in [-0.3, -0.25) is 9.59 Å². The number of nitrogens with one attached hydrogen (secondary N) is 1. The Morgan fingerprint density at radius 3 is 2.80 bits per heavy atom. The third-order valence-electron chi connectivity index (χ3n) is 5.42. The SMILES string of the molecule is CCC(C)C(=O)NCc1nnc2n1CCN(C(=O)COc1ccc(Cl)cc1C)CC2. The van der Waals surface area contributed by atoms with Gasteiger partial charge < -0.3 is 19.5 Å². The summed E-state index contributed by atoms with van der Waals surface area (Å²) >= 11 is 5.96. The largest absolute Gasteiger partial charge is 0.483 e. The predicted octanol–water partition coefficient (Wildman–Crippen LogP) is 2.37. The molecule has 0 fully saturated rings. The molecule has 2 amide bonds. The van der Waals surface area contributed by atoms with E-state index in [-0.39, 0.29) is 24.3 Å². The number of benzene rings is 1. The molecule has 3 rings (SSSR count). The maximum atomic E-state index is 12.7. The van der Waals surface area contributed by atoms with Crippen molar-refractivity contribution in [1.82, 2.24) is 25.0 Å². The Balaban J connectivity index is 1.55. The standard InChI is InChI=1S/C21H28ClN5O3/c1-4-14(2)21(29)23-12-19-25-24-18-7-8-26(9-10-27(18)19)20(28)13-30-17-6-5-16(22)11-15(17)3/h5-6,11,14H,4,7-10,12-13H2,1-3H3,(H,23,29). The van der Waals surface area contributed by atoms with Crippen LogP contribution in [0.15, 0.2) is 18.2 Å². The summed E-state index contributed by atoms with van der Waals surface area (Å²) in [4.78, 5) is 26.5. The number of carbonyl (C=O) groups is 2. The van der Waals surface area contributed by atoms with E-state index in [0.717, 1.165) is 17.8 Å². The number of rotatable bonds is 7. The number of carbonyl (C=O) groups excluding carboxylic acids is 2. The third-order valence-corrected chi connectivity index (χ3v) is 5.66. The molecule has 0 bridgehead atoms. The number of hydrogen-bond donors (Lipinski definition) is 1. The molecule has 1 atom stereocenters. The maximum Gasteiger partial charge on any atom is 0.260 e. The summed E-state index contributed by atoms with van der Waals surface area (Å²) < 4.78 is 7.69. The van der Waals surface area contributed by atoms with Gasteiger partial charge >= 0.3 is 0 Å². The number of aryl methyl sites for hydroxylation is 1. The molecule has 2 aromatic rings. The van der Waals surface area contributed by atoms with Crippen LogP contribution < -0.4 is 10.1 Å². The monoisotopic (exact) mass is 433 g/mol. The van der Waals surface area contributed by atoms with Gasteiger partial charge in [-0.05, 0) is 37.1 Å². The summed E-state index contributed by atoms with van der Waals surface area (Å²) in [5, 5.41) is 12.0. The first-order chi connectivity index (χ1) is 14.4. The quantitative estimate of drug-likeness (QED) is 0.724. The molecule has 1 aliphatic heterocycles. The van der Waals surface area contributed by atoms with Gasteiger partial charge in [0.1, 0.15) is 11.6 Å². The van der Waals surface area contributed by atoms with E-state index in [9.17, 15) is 9.59 Å². The van der Waals surface area contributed by atoms with E-state index in [2.05, 4.69) is 15.5 Å². The van der Waals surface area contributed by atoms with Gasteiger partial charge in [0, 0.05) is 37.0 Å². The predicted molar refractivity (Wildman–Crippen MR) is 113 cm³/mol. The molecule has 0 saturated heterocycles. The van der Waals surface area contributed by atoms with E-state index in [1.54, 1.807) is 23.1 Å². The fraction of sp³-hybridized carbons (Fsp3) is 0.524. The molecule has 30 heavy (non-hydrogen) atoms. The number of aromatic nitrogens is 3. The number of nitrogens with zero attached hydrogens (tertiary/aromatic N) is 4. The Bertz CT molecular complexity index is 914. The lowest BCUT2D eigenvalue weighted by Gasteiger charge is -2.20. The number of halogens is 1. The second kappa shape index (κ2) is 9.93. The van der Waals surface area contributed by atoms with Gasteiger partial charge in [0.25, 0.3) is 5.91 Å². The zero-order valence-electron chi connectivity index (χ0n) is 17.7. The van der Waals surface area contributed by atoms with Crippen molar-refractivity contribution in [2.24, 2.45) is 5.92 Å². The van der Waals surface area contributed by atoms with Crippen LogP contribution in [0.2, 0.25) is 5.02 Å². The van der Waals surface area contributed by atoms with E-state index in [4.69, 9.17) is 16.3 Å². The molecular weight excluding hydrogens is 406 g/mol. The summed E-state index contributed by atoms with van der Waals surface area (Å²) in [6.07, 6.45) is 1.40. The second-order valence-corrected chi connectivity index (χ2v) is 7.98. The highest BCUT2D eigenvalue weighted by atomic mass is 35.5. The van der Waals surface area contributed by atoms with Crippen LogP contribution in [0.1, 0.15) is 37.5 Å². The van der Waals surface area contributed by atoms with Gasteiger partial charge in [0.15, 0.2) is 12.4 Å². The van der Waals surface area contributed by atoms with Gasteiger partial charge in [0.2, 0.25) is 5.91 Å². The van der Waals surface area contributed by atoms with E-state index < -0.39 is 0 Å². The van der Waals surface area contributed by atoms with Gasteiger partial charge in [-0.2, -0.15) is 0 Å². The van der Waals surface area contributed by atoms with Gasteiger partial charge in [-0.1, -0.05) is 25.4 Å². The third kappa shape index (κ3) is 5.30. The van der Waals surface area contributed by atoms with Crippen molar-refractivity contribution in [2.45, 2.75) is 46.7 Å². The molecule has 0 spiro atoms. The highest BCUT2D eigenvalue weighted by molar-refractivity contribution is 6.30. The summed E-state index contributed by atoms with van der Waals surface area (Å²) in [6, 6.07) is 5.32. The first-order valence-corrected chi connectivity index (χ1v) is 10.6. The van der Waals surface area contributed by atoms with Crippen LogP contribution in [0.25, 0.3) is 0 Å². The van der Waals surface area contributed by atoms with Crippen molar-refractivity contribution in [2.75, 3.05) is 19.7 Å². The molecule has 1 unspecified atom stereocenters. The molecule has 1 aliphatic rings. The Hall–Kier alpha value is -2.61. The highest BCUT2D eigenvalue weighted by Gasteiger charge is 2.22. The molecular formula is C21H28ClN5O3. The minimum Gasteiger partial charge on any atom is -0.483 e. The lowest BCUT2D eigenvalue weighted by Crippen LogP contribution is -2.37. The van der Waals surface area contributed by atoms with Crippen LogP contribution >= 0.6 is 11.6 Å². The second-order valence-electron chi connectivity index (χ2n) is 7.54. The molecule has 0 saturated carbocycles. The smallest absolute Gasteiger partial charge is 0.260 e. The van der Waals surface area contributed by atoms with Crippen molar-refractivity contribution in [3.63, 3.8) is 0 Å². The van der Waals surface area contributed by atoms with Crippen molar-refractivity contribution in [3.8, 4) is 5.75 Å². The Morgan fingerprint density at radius 2 is 2.07 bits per heavy atom. The molecule has 0 aliphatic carbocycles. The zero-order valence-corrected chi connectivity index (χ0v) is 18.4. The number of ether oxygens (including phenoxy) is 1. The molecule has 9 heteroatoms. The Labute approximate surface area is 181 Å². The number of hydrogen-bond acceptors (Lipinski definition) is 5. The van der Waals surface area contributed by atoms with Crippen molar-refractivity contribution in [1.29, 1.82) is 0 Å². The summed E-state index contributed by atoms with van der Waals surface area (Å²) in [7, 11) is 0. The van der Waals surface area contributed by atoms with Crippen LogP contribution in [-0.2, 0) is 29.1 Å². The van der Waals surface area contributed by atoms with E-state index >= 15 is 0 Å². The van der Waals surface area contributed by atoms with Crippen molar-refractivity contribution >= 4 is 23.4 Å². The summed E-state index contributed by atoms with van der Waals surface area (Å²) in [6.45, 7) is 7.77. The van der Waals surface area contributed by atoms with Crippen LogP contribution in [0, 0.1) is 12.8 Å². The van der Waals surface area contributed by atoms with Gasteiger partial charge in [-0.25, -0.2) is 0 Å². The van der Waals surface area contributed by atoms with Crippen molar-refractivity contribution in [3.05, 3.63) is 40.4 Å². The molecule has 1 N–H and O–H groups in total. The fourth-order valence-corrected chi connectivity index (χ4v) is 3.52. The lowest BCUT2D eigenvalue weighted by atomic mass is 10.1. The molecule has 1 aromatic heterocycles.